The molecule has 0 spiro atoms. The summed E-state index contributed by atoms with van der Waals surface area (Å²) in [4.78, 5) is 17.3. The number of carbonyl (C=O) groups excluding carboxylic acids is 1. The van der Waals surface area contributed by atoms with Gasteiger partial charge < -0.3 is 9.30 Å². The lowest BCUT2D eigenvalue weighted by molar-refractivity contribution is -0.112. The third-order valence-corrected chi connectivity index (χ3v) is 6.26. The Bertz CT molecular complexity index is 1430. The number of ether oxygens (including phenoxy) is 1. The van der Waals surface area contributed by atoms with Crippen molar-refractivity contribution in [3.05, 3.63) is 76.1 Å². The van der Waals surface area contributed by atoms with E-state index in [0.717, 1.165) is 38.6 Å². The number of carbonyl (C=O) groups is 1. The summed E-state index contributed by atoms with van der Waals surface area (Å²) in [7, 11) is 0. The highest BCUT2D eigenvalue weighted by Crippen LogP contribution is 2.30. The largest absolute Gasteiger partial charge is 0.494 e. The second-order valence-electron chi connectivity index (χ2n) is 7.35. The van der Waals surface area contributed by atoms with Gasteiger partial charge in [-0.2, -0.15) is 5.26 Å². The van der Waals surface area contributed by atoms with Crippen molar-refractivity contribution in [3.63, 3.8) is 0 Å². The van der Waals surface area contributed by atoms with Crippen LogP contribution in [-0.4, -0.2) is 22.1 Å². The van der Waals surface area contributed by atoms with E-state index < -0.39 is 5.91 Å². The molecule has 0 fully saturated rings. The number of fused-ring (bicyclic) bond motifs is 1. The number of hydrogen-bond acceptors (Lipinski definition) is 5. The molecule has 0 saturated carbocycles. The monoisotopic (exact) mass is 476 g/mol. The molecule has 1 amide bonds. The van der Waals surface area contributed by atoms with Gasteiger partial charge in [0.1, 0.15) is 17.4 Å². The maximum atomic E-state index is 12.8. The average Bonchev–Trinajstić information content (AvgIpc) is 3.30. The standard InChI is InChI=1S/C25H21ClN4O2S/c1-4-32-21-8-9-22-23(13-21)33-25(28-22)29-24(31)18(14-27)11-17-10-15(2)30(16(17)3)20-7-5-6-19(26)12-20/h5-13H,4H2,1-3H3,(H,28,29,31)/b18-11+. The third-order valence-electron chi connectivity index (χ3n) is 5.09. The highest BCUT2D eigenvalue weighted by Gasteiger charge is 2.16. The number of rotatable bonds is 6. The summed E-state index contributed by atoms with van der Waals surface area (Å²) in [5.74, 6) is 0.244. The molecule has 0 saturated heterocycles. The first kappa shape index (κ1) is 22.6. The van der Waals surface area contributed by atoms with Crippen LogP contribution >= 0.6 is 22.9 Å². The zero-order valence-corrected chi connectivity index (χ0v) is 19.9. The first-order chi connectivity index (χ1) is 15.9. The number of halogens is 1. The molecular weight excluding hydrogens is 456 g/mol. The van der Waals surface area contributed by atoms with Crippen molar-refractivity contribution < 1.29 is 9.53 Å². The van der Waals surface area contributed by atoms with Crippen molar-refractivity contribution in [2.75, 3.05) is 11.9 Å². The molecule has 4 aromatic rings. The van der Waals surface area contributed by atoms with Crippen LogP contribution in [0.15, 0.2) is 54.1 Å². The molecule has 166 valence electrons. The summed E-state index contributed by atoms with van der Waals surface area (Å²) in [6, 6.07) is 17.1. The van der Waals surface area contributed by atoms with Gasteiger partial charge in [-0.25, -0.2) is 4.98 Å². The van der Waals surface area contributed by atoms with Crippen LogP contribution in [0, 0.1) is 25.2 Å². The number of hydrogen-bond donors (Lipinski definition) is 1. The Morgan fingerprint density at radius 2 is 2.09 bits per heavy atom. The van der Waals surface area contributed by atoms with Gasteiger partial charge in [0.25, 0.3) is 5.91 Å². The number of nitriles is 1. The summed E-state index contributed by atoms with van der Waals surface area (Å²) in [5.41, 5.74) is 4.32. The molecule has 2 aromatic carbocycles. The number of amides is 1. The average molecular weight is 477 g/mol. The van der Waals surface area contributed by atoms with Crippen molar-refractivity contribution in [2.45, 2.75) is 20.8 Å². The molecule has 0 aliphatic heterocycles. The molecule has 8 heteroatoms. The zero-order chi connectivity index (χ0) is 23.5. The van der Waals surface area contributed by atoms with E-state index in [2.05, 4.69) is 10.3 Å². The number of aromatic nitrogens is 2. The van der Waals surface area contributed by atoms with Crippen LogP contribution in [0.5, 0.6) is 5.75 Å². The third kappa shape index (κ3) is 4.77. The number of benzene rings is 2. The molecular formula is C25H21ClN4O2S. The molecule has 4 rings (SSSR count). The Balaban J connectivity index is 1.61. The number of thiazole rings is 1. The number of aryl methyl sites for hydroxylation is 1. The summed E-state index contributed by atoms with van der Waals surface area (Å²) >= 11 is 7.48. The van der Waals surface area contributed by atoms with E-state index in [9.17, 15) is 10.1 Å². The Labute approximate surface area is 200 Å². The fourth-order valence-electron chi connectivity index (χ4n) is 3.63. The molecule has 0 bridgehead atoms. The first-order valence-electron chi connectivity index (χ1n) is 10.3. The normalized spacial score (nSPS) is 11.4. The second kappa shape index (κ2) is 9.49. The minimum Gasteiger partial charge on any atom is -0.494 e. The number of nitrogens with zero attached hydrogens (tertiary/aromatic N) is 3. The predicted molar refractivity (Wildman–Crippen MR) is 133 cm³/mol. The van der Waals surface area contributed by atoms with Crippen molar-refractivity contribution in [2.24, 2.45) is 0 Å². The molecule has 2 heterocycles. The fourth-order valence-corrected chi connectivity index (χ4v) is 4.70. The van der Waals surface area contributed by atoms with E-state index >= 15 is 0 Å². The van der Waals surface area contributed by atoms with Crippen LogP contribution in [0.1, 0.15) is 23.9 Å². The molecule has 0 aliphatic carbocycles. The van der Waals surface area contributed by atoms with Gasteiger partial charge in [-0.3, -0.25) is 10.1 Å². The SMILES string of the molecule is CCOc1ccc2nc(NC(=O)/C(C#N)=C/c3cc(C)n(-c4cccc(Cl)c4)c3C)sc2c1. The molecule has 6 nitrogen and oxygen atoms in total. The quantitative estimate of drug-likeness (QED) is 0.261. The van der Waals surface area contributed by atoms with Crippen molar-refractivity contribution >= 4 is 50.3 Å². The molecule has 0 aliphatic rings. The second-order valence-corrected chi connectivity index (χ2v) is 8.81. The van der Waals surface area contributed by atoms with Crippen molar-refractivity contribution in [1.29, 1.82) is 5.26 Å². The predicted octanol–water partition coefficient (Wildman–Crippen LogP) is 6.30. The zero-order valence-electron chi connectivity index (χ0n) is 18.3. The van der Waals surface area contributed by atoms with Crippen LogP contribution in [0.2, 0.25) is 5.02 Å². The Morgan fingerprint density at radius 3 is 2.82 bits per heavy atom. The minimum absolute atomic E-state index is 0.00407. The lowest BCUT2D eigenvalue weighted by atomic mass is 10.1. The summed E-state index contributed by atoms with van der Waals surface area (Å²) in [6.45, 7) is 6.40. The summed E-state index contributed by atoms with van der Waals surface area (Å²) in [6.07, 6.45) is 1.60. The molecule has 33 heavy (non-hydrogen) atoms. The highest BCUT2D eigenvalue weighted by molar-refractivity contribution is 7.22. The Hall–Kier alpha value is -3.60. The van der Waals surface area contributed by atoms with E-state index in [1.165, 1.54) is 11.3 Å². The molecule has 0 radical (unpaired) electrons. The first-order valence-corrected chi connectivity index (χ1v) is 11.5. The van der Waals surface area contributed by atoms with Crippen LogP contribution in [0.4, 0.5) is 5.13 Å². The topological polar surface area (TPSA) is 79.9 Å². The van der Waals surface area contributed by atoms with Gasteiger partial charge in [0.15, 0.2) is 5.13 Å². The van der Waals surface area contributed by atoms with E-state index in [1.807, 2.05) is 79.9 Å². The smallest absolute Gasteiger partial charge is 0.268 e. The number of nitrogens with one attached hydrogen (secondary N) is 1. The molecule has 0 unspecified atom stereocenters. The van der Waals surface area contributed by atoms with E-state index in [1.54, 1.807) is 6.08 Å². The Morgan fingerprint density at radius 1 is 1.27 bits per heavy atom. The van der Waals surface area contributed by atoms with Gasteiger partial charge in [-0.1, -0.05) is 29.0 Å². The highest BCUT2D eigenvalue weighted by atomic mass is 35.5. The van der Waals surface area contributed by atoms with Crippen molar-refractivity contribution in [1.82, 2.24) is 9.55 Å². The van der Waals surface area contributed by atoms with Crippen LogP contribution in [-0.2, 0) is 4.79 Å². The maximum absolute atomic E-state index is 12.8. The van der Waals surface area contributed by atoms with E-state index in [4.69, 9.17) is 16.3 Å². The van der Waals surface area contributed by atoms with Gasteiger partial charge in [0.2, 0.25) is 0 Å². The van der Waals surface area contributed by atoms with Gasteiger partial charge in [-0.05, 0) is 74.9 Å². The molecule has 1 N–H and O–H groups in total. The summed E-state index contributed by atoms with van der Waals surface area (Å²) < 4.78 is 8.45. The van der Waals surface area contributed by atoms with E-state index in [-0.39, 0.29) is 5.57 Å². The van der Waals surface area contributed by atoms with Crippen LogP contribution in [0.25, 0.3) is 22.0 Å². The van der Waals surface area contributed by atoms with Gasteiger partial charge in [0.05, 0.1) is 16.8 Å². The lowest BCUT2D eigenvalue weighted by Gasteiger charge is -2.10. The van der Waals surface area contributed by atoms with Gasteiger partial charge >= 0.3 is 0 Å². The lowest BCUT2D eigenvalue weighted by Crippen LogP contribution is -2.13. The van der Waals surface area contributed by atoms with E-state index in [0.29, 0.717) is 16.8 Å². The van der Waals surface area contributed by atoms with Crippen LogP contribution in [0.3, 0.4) is 0 Å². The van der Waals surface area contributed by atoms with Gasteiger partial charge in [0, 0.05) is 22.1 Å². The molecule has 0 atom stereocenters. The van der Waals surface area contributed by atoms with Crippen molar-refractivity contribution in [3.8, 4) is 17.5 Å². The fraction of sp³-hybridized carbons (Fsp3) is 0.160. The Kier molecular flexibility index (Phi) is 6.50. The molecule has 2 aromatic heterocycles. The summed E-state index contributed by atoms with van der Waals surface area (Å²) in [5, 5.41) is 13.5. The number of anilines is 1. The minimum atomic E-state index is -0.505. The van der Waals surface area contributed by atoms with Gasteiger partial charge in [-0.15, -0.1) is 0 Å². The maximum Gasteiger partial charge on any atom is 0.268 e. The van der Waals surface area contributed by atoms with Crippen LogP contribution < -0.4 is 10.1 Å².